The third-order valence-electron chi connectivity index (χ3n) is 4.27. The predicted octanol–water partition coefficient (Wildman–Crippen LogP) is 4.02. The van der Waals surface area contributed by atoms with Crippen LogP contribution in [-0.2, 0) is 13.6 Å². The molecule has 0 radical (unpaired) electrons. The second-order valence-corrected chi connectivity index (χ2v) is 6.63. The molecule has 7 heteroatoms. The lowest BCUT2D eigenvalue weighted by Gasteiger charge is -2.22. The van der Waals surface area contributed by atoms with Crippen molar-refractivity contribution in [3.8, 4) is 0 Å². The number of imidazole rings is 1. The van der Waals surface area contributed by atoms with Crippen LogP contribution in [-0.4, -0.2) is 22.6 Å². The van der Waals surface area contributed by atoms with Gasteiger partial charge >= 0.3 is 0 Å². The maximum absolute atomic E-state index is 4.23. The minimum absolute atomic E-state index is 0.675. The van der Waals surface area contributed by atoms with Crippen molar-refractivity contribution in [2.75, 3.05) is 18.0 Å². The van der Waals surface area contributed by atoms with E-state index in [2.05, 4.69) is 74.7 Å². The highest BCUT2D eigenvalue weighted by molar-refractivity contribution is 7.13. The van der Waals surface area contributed by atoms with Gasteiger partial charge in [0, 0.05) is 30.7 Å². The zero-order valence-electron chi connectivity index (χ0n) is 14.8. The molecule has 0 bridgehead atoms. The van der Waals surface area contributed by atoms with Gasteiger partial charge in [0.05, 0.1) is 19.3 Å². The second kappa shape index (κ2) is 8.02. The van der Waals surface area contributed by atoms with Crippen LogP contribution >= 0.6 is 11.3 Å². The first kappa shape index (κ1) is 17.3. The average molecular weight is 355 g/mol. The van der Waals surface area contributed by atoms with E-state index in [9.17, 15) is 0 Å². The maximum atomic E-state index is 4.23. The van der Waals surface area contributed by atoms with Crippen LogP contribution in [0.1, 0.15) is 12.7 Å². The fourth-order valence-electron chi connectivity index (χ4n) is 2.63. The lowest BCUT2D eigenvalue weighted by molar-refractivity contribution is -0.677. The van der Waals surface area contributed by atoms with E-state index < -0.39 is 0 Å². The molecular formula is C18H23N6S+. The van der Waals surface area contributed by atoms with Crippen molar-refractivity contribution in [3.63, 3.8) is 0 Å². The summed E-state index contributed by atoms with van der Waals surface area (Å²) >= 11 is 1.48. The molecule has 0 aliphatic carbocycles. The molecule has 3 aromatic rings. The lowest BCUT2D eigenvalue weighted by atomic mass is 10.2. The summed E-state index contributed by atoms with van der Waals surface area (Å²) < 4.78 is 4.41. The van der Waals surface area contributed by atoms with E-state index in [-0.39, 0.29) is 0 Å². The van der Waals surface area contributed by atoms with E-state index in [0.717, 1.165) is 25.3 Å². The summed E-state index contributed by atoms with van der Waals surface area (Å²) in [5, 5.41) is 10.9. The molecule has 0 fully saturated rings. The van der Waals surface area contributed by atoms with Gasteiger partial charge in [-0.2, -0.15) is 0 Å². The van der Waals surface area contributed by atoms with Crippen LogP contribution in [0.15, 0.2) is 58.5 Å². The van der Waals surface area contributed by atoms with Gasteiger partial charge in [0.1, 0.15) is 18.9 Å². The molecule has 6 nitrogen and oxygen atoms in total. The van der Waals surface area contributed by atoms with Crippen LogP contribution in [0.25, 0.3) is 0 Å². The smallest absolute Gasteiger partial charge is 0.253 e. The number of anilines is 1. The normalized spacial score (nSPS) is 11.3. The highest BCUT2D eigenvalue weighted by atomic mass is 32.1. The number of nitrogens with zero attached hydrogens (tertiary/aromatic N) is 6. The fourth-order valence-corrected chi connectivity index (χ4v) is 3.08. The number of thiazole rings is 1. The van der Waals surface area contributed by atoms with Gasteiger partial charge < -0.3 is 4.90 Å². The first-order chi connectivity index (χ1) is 12.2. The second-order valence-electron chi connectivity index (χ2n) is 5.76. The number of rotatable bonds is 7. The first-order valence-corrected chi connectivity index (χ1v) is 9.23. The average Bonchev–Trinajstić information content (AvgIpc) is 3.26. The Hall–Kier alpha value is -2.54. The summed E-state index contributed by atoms with van der Waals surface area (Å²) in [4.78, 5) is 6.46. The largest absolute Gasteiger partial charge is 0.368 e. The van der Waals surface area contributed by atoms with Crippen molar-refractivity contribution in [1.82, 2.24) is 9.55 Å². The summed E-state index contributed by atoms with van der Waals surface area (Å²) in [6.07, 6.45) is 5.95. The summed E-state index contributed by atoms with van der Waals surface area (Å²) in [5.74, 6) is 1.26. The van der Waals surface area contributed by atoms with Crippen molar-refractivity contribution < 1.29 is 4.57 Å². The number of hydrogen-bond donors (Lipinski definition) is 0. The van der Waals surface area contributed by atoms with E-state index in [0.29, 0.717) is 5.13 Å². The molecule has 2 heterocycles. The van der Waals surface area contributed by atoms with Crippen molar-refractivity contribution >= 4 is 27.8 Å². The van der Waals surface area contributed by atoms with Crippen LogP contribution in [0.2, 0.25) is 0 Å². The molecule has 0 spiro atoms. The molecule has 0 N–H and O–H groups in total. The molecule has 0 atom stereocenters. The highest BCUT2D eigenvalue weighted by Crippen LogP contribution is 2.23. The Kier molecular flexibility index (Phi) is 5.55. The minimum Gasteiger partial charge on any atom is -0.368 e. The third kappa shape index (κ3) is 4.30. The number of azo groups is 1. The third-order valence-corrected chi connectivity index (χ3v) is 4.93. The van der Waals surface area contributed by atoms with E-state index in [4.69, 9.17) is 0 Å². The highest BCUT2D eigenvalue weighted by Gasteiger charge is 2.11. The molecule has 0 aliphatic heterocycles. The molecular weight excluding hydrogens is 332 g/mol. The van der Waals surface area contributed by atoms with Gasteiger partial charge in [-0.1, -0.05) is 0 Å². The monoisotopic (exact) mass is 355 g/mol. The van der Waals surface area contributed by atoms with Crippen molar-refractivity contribution in [2.45, 2.75) is 20.4 Å². The number of benzene rings is 1. The molecule has 0 saturated heterocycles. The Bertz CT molecular complexity index is 820. The fraction of sp³-hybridized carbons (Fsp3) is 0.333. The Morgan fingerprint density at radius 2 is 2.04 bits per heavy atom. The Balaban J connectivity index is 1.63. The number of aromatic nitrogens is 3. The zero-order chi connectivity index (χ0) is 17.6. The first-order valence-electron chi connectivity index (χ1n) is 8.35. The minimum atomic E-state index is 0.675. The molecule has 130 valence electrons. The number of aryl methyl sites for hydroxylation is 1. The summed E-state index contributed by atoms with van der Waals surface area (Å²) in [6, 6.07) is 8.19. The summed E-state index contributed by atoms with van der Waals surface area (Å²) in [7, 11) is 2.07. The van der Waals surface area contributed by atoms with Crippen LogP contribution in [0.4, 0.5) is 16.5 Å². The van der Waals surface area contributed by atoms with Crippen LogP contribution in [0.3, 0.4) is 0 Å². The molecule has 0 unspecified atom stereocenters. The number of likely N-dealkylation sites (N-methyl/N-ethyl adjacent to an activating group) is 1. The van der Waals surface area contributed by atoms with Gasteiger partial charge in [0.2, 0.25) is 5.13 Å². The van der Waals surface area contributed by atoms with Crippen molar-refractivity contribution in [3.05, 3.63) is 54.1 Å². The zero-order valence-corrected chi connectivity index (χ0v) is 15.6. The number of hydrogen-bond acceptors (Lipinski definition) is 5. The molecule has 3 rings (SSSR count). The lowest BCUT2D eigenvalue weighted by Crippen LogP contribution is -2.31. The SMILES string of the molecule is CCN(CCn1cc[n+](C)c1C)c1ccc(N=Nc2nccs2)cc1. The maximum Gasteiger partial charge on any atom is 0.253 e. The van der Waals surface area contributed by atoms with Gasteiger partial charge in [-0.25, -0.2) is 14.1 Å². The van der Waals surface area contributed by atoms with Gasteiger partial charge in [-0.3, -0.25) is 0 Å². The van der Waals surface area contributed by atoms with Crippen LogP contribution in [0, 0.1) is 6.92 Å². The Morgan fingerprint density at radius 3 is 2.64 bits per heavy atom. The molecule has 2 aromatic heterocycles. The standard InChI is InChI=1S/C18H23N6S/c1-4-23(12-13-24-11-10-22(3)15(24)2)17-7-5-16(6-8-17)20-21-18-19-9-14-25-18/h5-11,14H,4,12-13H2,1-3H3/q+1. The van der Waals surface area contributed by atoms with Gasteiger partial charge in [-0.15, -0.1) is 21.6 Å². The van der Waals surface area contributed by atoms with Crippen LogP contribution < -0.4 is 9.47 Å². The van der Waals surface area contributed by atoms with E-state index in [1.165, 1.54) is 22.8 Å². The topological polar surface area (TPSA) is 49.7 Å². The van der Waals surface area contributed by atoms with E-state index >= 15 is 0 Å². The Labute approximate surface area is 152 Å². The Morgan fingerprint density at radius 1 is 1.24 bits per heavy atom. The molecule has 25 heavy (non-hydrogen) atoms. The van der Waals surface area contributed by atoms with E-state index in [1.54, 1.807) is 6.20 Å². The van der Waals surface area contributed by atoms with Gasteiger partial charge in [0.25, 0.3) is 5.82 Å². The van der Waals surface area contributed by atoms with Crippen molar-refractivity contribution in [2.24, 2.45) is 17.3 Å². The predicted molar refractivity (Wildman–Crippen MR) is 101 cm³/mol. The molecule has 0 saturated carbocycles. The van der Waals surface area contributed by atoms with Gasteiger partial charge in [0.15, 0.2) is 0 Å². The molecule has 1 aromatic carbocycles. The summed E-state index contributed by atoms with van der Waals surface area (Å²) in [6.45, 7) is 7.21. The van der Waals surface area contributed by atoms with Gasteiger partial charge in [-0.05, 0) is 31.2 Å². The molecule has 0 aliphatic rings. The molecule has 0 amide bonds. The summed E-state index contributed by atoms with van der Waals surface area (Å²) in [5.41, 5.74) is 2.04. The van der Waals surface area contributed by atoms with Crippen molar-refractivity contribution in [1.29, 1.82) is 0 Å². The van der Waals surface area contributed by atoms with Crippen LogP contribution in [0.5, 0.6) is 0 Å². The quantitative estimate of drug-likeness (QED) is 0.475. The van der Waals surface area contributed by atoms with E-state index in [1.807, 2.05) is 17.5 Å².